The Morgan fingerprint density at radius 3 is 2.61 bits per heavy atom. The van der Waals surface area contributed by atoms with Crippen molar-refractivity contribution in [3.63, 3.8) is 0 Å². The molecular weight excluding hydrogens is 299 g/mol. The van der Waals surface area contributed by atoms with E-state index in [0.29, 0.717) is 26.1 Å². The van der Waals surface area contributed by atoms with E-state index < -0.39 is 5.43 Å². The van der Waals surface area contributed by atoms with Crippen LogP contribution in [0.2, 0.25) is 0 Å². The Kier molecular flexibility index (Phi) is 5.90. The number of aryl methyl sites for hydroxylation is 2. The highest BCUT2D eigenvalue weighted by atomic mass is 19.1. The van der Waals surface area contributed by atoms with Crippen molar-refractivity contribution < 1.29 is 14.6 Å². The van der Waals surface area contributed by atoms with Crippen molar-refractivity contribution >= 4 is 0 Å². The molecule has 0 unspecified atom stereocenters. The van der Waals surface area contributed by atoms with E-state index >= 15 is 0 Å². The monoisotopic (exact) mass is 320 g/mol. The number of hydrogen-bond donors (Lipinski definition) is 2. The number of hydrogen-bond acceptors (Lipinski definition) is 4. The molecule has 0 aliphatic heterocycles. The molecule has 0 saturated carbocycles. The van der Waals surface area contributed by atoms with E-state index in [1.165, 1.54) is 24.4 Å². The first-order chi connectivity index (χ1) is 11.0. The van der Waals surface area contributed by atoms with Crippen molar-refractivity contribution in [3.8, 4) is 5.75 Å². The lowest BCUT2D eigenvalue weighted by molar-refractivity contribution is 0.214. The van der Waals surface area contributed by atoms with Gasteiger partial charge in [-0.3, -0.25) is 9.69 Å². The Morgan fingerprint density at radius 1 is 1.26 bits per heavy atom. The maximum atomic E-state index is 12.9. The van der Waals surface area contributed by atoms with Crippen LogP contribution in [0.15, 0.2) is 41.3 Å². The molecule has 0 aliphatic rings. The van der Waals surface area contributed by atoms with Crippen molar-refractivity contribution in [1.29, 1.82) is 0 Å². The van der Waals surface area contributed by atoms with Gasteiger partial charge in [-0.25, -0.2) is 4.39 Å². The van der Waals surface area contributed by atoms with E-state index in [9.17, 15) is 14.3 Å². The highest BCUT2D eigenvalue weighted by molar-refractivity contribution is 5.21. The molecule has 2 rings (SSSR count). The van der Waals surface area contributed by atoms with Gasteiger partial charge >= 0.3 is 0 Å². The van der Waals surface area contributed by atoms with Crippen LogP contribution in [0.25, 0.3) is 0 Å². The minimum absolute atomic E-state index is 0.0361. The third-order valence-electron chi connectivity index (χ3n) is 3.67. The second-order valence-electron chi connectivity index (χ2n) is 5.55. The number of rotatable bonds is 7. The number of aromatic nitrogens is 1. The van der Waals surface area contributed by atoms with Gasteiger partial charge in [-0.1, -0.05) is 12.1 Å². The molecule has 0 saturated heterocycles. The fourth-order valence-electron chi connectivity index (χ4n) is 2.37. The Hall–Kier alpha value is -2.18. The lowest BCUT2D eigenvalue weighted by Gasteiger charge is -2.19. The van der Waals surface area contributed by atoms with Crippen LogP contribution in [0.3, 0.4) is 0 Å². The minimum Gasteiger partial charge on any atom is -0.503 e. The van der Waals surface area contributed by atoms with E-state index in [4.69, 9.17) is 5.11 Å². The van der Waals surface area contributed by atoms with Crippen LogP contribution >= 0.6 is 0 Å². The smallest absolute Gasteiger partial charge is 0.223 e. The zero-order chi connectivity index (χ0) is 16.8. The van der Waals surface area contributed by atoms with E-state index in [-0.39, 0.29) is 18.2 Å². The molecule has 1 aromatic carbocycles. The molecule has 0 aliphatic carbocycles. The van der Waals surface area contributed by atoms with Gasteiger partial charge in [-0.2, -0.15) is 0 Å². The van der Waals surface area contributed by atoms with Crippen molar-refractivity contribution in [3.05, 3.63) is 63.8 Å². The first kappa shape index (κ1) is 17.2. The highest BCUT2D eigenvalue weighted by Gasteiger charge is 2.09. The molecule has 0 amide bonds. The zero-order valence-corrected chi connectivity index (χ0v) is 13.1. The van der Waals surface area contributed by atoms with Crippen molar-refractivity contribution in [1.82, 2.24) is 9.47 Å². The molecule has 2 aromatic rings. The average molecular weight is 320 g/mol. The largest absolute Gasteiger partial charge is 0.503 e. The summed E-state index contributed by atoms with van der Waals surface area (Å²) in [5, 5.41) is 18.6. The quantitative estimate of drug-likeness (QED) is 0.808. The number of halogens is 1. The van der Waals surface area contributed by atoms with Crippen molar-refractivity contribution in [2.75, 3.05) is 20.2 Å². The third kappa shape index (κ3) is 4.91. The molecule has 5 nitrogen and oxygen atoms in total. The number of benzene rings is 1. The average Bonchev–Trinajstić information content (AvgIpc) is 2.51. The highest BCUT2D eigenvalue weighted by Crippen LogP contribution is 2.10. The summed E-state index contributed by atoms with van der Waals surface area (Å²) in [6.07, 6.45) is 2.08. The summed E-state index contributed by atoms with van der Waals surface area (Å²) in [4.78, 5) is 13.6. The Balaban J connectivity index is 2.16. The summed E-state index contributed by atoms with van der Waals surface area (Å²) < 4.78 is 14.7. The molecular formula is C17H21FN2O3. The van der Waals surface area contributed by atoms with E-state index in [0.717, 1.165) is 11.3 Å². The van der Waals surface area contributed by atoms with Gasteiger partial charge in [0, 0.05) is 31.4 Å². The number of pyridine rings is 1. The lowest BCUT2D eigenvalue weighted by atomic mass is 10.1. The SMILES string of the molecule is CN(CCO)Cc1cc(=O)c(O)cn1CCc1ccc(F)cc1. The number of aliphatic hydroxyl groups excluding tert-OH is 1. The van der Waals surface area contributed by atoms with Gasteiger partial charge in [0.2, 0.25) is 5.43 Å². The van der Waals surface area contributed by atoms with E-state index in [2.05, 4.69) is 0 Å². The fraction of sp³-hybridized carbons (Fsp3) is 0.353. The molecule has 23 heavy (non-hydrogen) atoms. The predicted molar refractivity (Wildman–Crippen MR) is 85.9 cm³/mol. The van der Waals surface area contributed by atoms with E-state index in [1.807, 2.05) is 16.5 Å². The molecule has 0 radical (unpaired) electrons. The second kappa shape index (κ2) is 7.89. The maximum Gasteiger partial charge on any atom is 0.223 e. The van der Waals surface area contributed by atoms with Crippen LogP contribution < -0.4 is 5.43 Å². The molecule has 0 bridgehead atoms. The zero-order valence-electron chi connectivity index (χ0n) is 13.1. The van der Waals surface area contributed by atoms with Gasteiger partial charge in [-0.05, 0) is 31.2 Å². The summed E-state index contributed by atoms with van der Waals surface area (Å²) in [5.74, 6) is -0.571. The van der Waals surface area contributed by atoms with Gasteiger partial charge in [0.15, 0.2) is 5.75 Å². The number of nitrogens with zero attached hydrogens (tertiary/aromatic N) is 2. The van der Waals surface area contributed by atoms with E-state index in [1.54, 1.807) is 12.1 Å². The summed E-state index contributed by atoms with van der Waals surface area (Å²) in [5.41, 5.74) is 1.31. The fourth-order valence-corrected chi connectivity index (χ4v) is 2.37. The van der Waals surface area contributed by atoms with Crippen LogP contribution in [0.1, 0.15) is 11.3 Å². The first-order valence-corrected chi connectivity index (χ1v) is 7.46. The van der Waals surface area contributed by atoms with Gasteiger partial charge in [-0.15, -0.1) is 0 Å². The first-order valence-electron chi connectivity index (χ1n) is 7.46. The van der Waals surface area contributed by atoms with Crippen molar-refractivity contribution in [2.24, 2.45) is 0 Å². The Morgan fingerprint density at radius 2 is 1.96 bits per heavy atom. The van der Waals surface area contributed by atoms with Gasteiger partial charge in [0.1, 0.15) is 5.82 Å². The lowest BCUT2D eigenvalue weighted by Crippen LogP contribution is -2.25. The molecule has 0 atom stereocenters. The van der Waals surface area contributed by atoms with Crippen LogP contribution in [-0.4, -0.2) is 39.9 Å². The summed E-state index contributed by atoms with van der Waals surface area (Å²) in [6.45, 7) is 1.57. The second-order valence-corrected chi connectivity index (χ2v) is 5.55. The van der Waals surface area contributed by atoms with Gasteiger partial charge < -0.3 is 14.8 Å². The minimum atomic E-state index is -0.421. The number of aliphatic hydroxyl groups is 1. The maximum absolute atomic E-state index is 12.9. The molecule has 1 aromatic heterocycles. The summed E-state index contributed by atoms with van der Waals surface area (Å²) >= 11 is 0. The molecule has 124 valence electrons. The standard InChI is InChI=1S/C17H21FN2O3/c1-19(8-9-21)11-15-10-16(22)17(23)12-20(15)7-6-13-2-4-14(18)5-3-13/h2-5,10,12,21,23H,6-9,11H2,1H3. The number of aromatic hydroxyl groups is 1. The summed E-state index contributed by atoms with van der Waals surface area (Å²) in [7, 11) is 1.85. The Labute approximate surface area is 134 Å². The summed E-state index contributed by atoms with van der Waals surface area (Å²) in [6, 6.07) is 7.67. The van der Waals surface area contributed by atoms with Crippen LogP contribution in [0.5, 0.6) is 5.75 Å². The van der Waals surface area contributed by atoms with Gasteiger partial charge in [0.05, 0.1) is 12.8 Å². The topological polar surface area (TPSA) is 65.7 Å². The molecule has 1 heterocycles. The van der Waals surface area contributed by atoms with Crippen LogP contribution in [-0.2, 0) is 19.5 Å². The Bertz CT molecular complexity index is 698. The number of likely N-dealkylation sites (N-methyl/N-ethyl adjacent to an activating group) is 1. The molecule has 2 N–H and O–H groups in total. The molecule has 0 spiro atoms. The molecule has 0 fully saturated rings. The predicted octanol–water partition coefficient (Wildman–Crippen LogP) is 1.36. The third-order valence-corrected chi connectivity index (χ3v) is 3.67. The van der Waals surface area contributed by atoms with Crippen molar-refractivity contribution in [2.45, 2.75) is 19.5 Å². The van der Waals surface area contributed by atoms with Crippen LogP contribution in [0.4, 0.5) is 4.39 Å². The molecule has 6 heteroatoms. The van der Waals surface area contributed by atoms with Gasteiger partial charge in [0.25, 0.3) is 0 Å². The normalized spacial score (nSPS) is 11.1. The van der Waals surface area contributed by atoms with Crippen LogP contribution in [0, 0.1) is 5.82 Å².